The van der Waals surface area contributed by atoms with Crippen LogP contribution in [0, 0.1) is 0 Å². The molecular weight excluding hydrogens is 496 g/mol. The molecule has 2 saturated carbocycles. The fourth-order valence-electron chi connectivity index (χ4n) is 6.79. The molecule has 2 aliphatic rings. The van der Waals surface area contributed by atoms with Crippen molar-refractivity contribution in [3.63, 3.8) is 0 Å². The lowest BCUT2D eigenvalue weighted by Gasteiger charge is -2.42. The van der Waals surface area contributed by atoms with Crippen molar-refractivity contribution in [1.29, 1.82) is 0 Å². The van der Waals surface area contributed by atoms with E-state index < -0.39 is 0 Å². The molecule has 3 aromatic rings. The summed E-state index contributed by atoms with van der Waals surface area (Å²) in [6.45, 7) is 1.08. The normalized spacial score (nSPS) is 16.7. The molecule has 2 aromatic carbocycles. The predicted octanol–water partition coefficient (Wildman–Crippen LogP) is 6.60. The van der Waals surface area contributed by atoms with E-state index in [4.69, 9.17) is 4.98 Å². The molecule has 1 N–H and O–H groups in total. The average molecular weight is 543 g/mol. The molecule has 2 aliphatic carbocycles. The summed E-state index contributed by atoms with van der Waals surface area (Å²) in [5.41, 5.74) is 3.07. The van der Waals surface area contributed by atoms with Crippen molar-refractivity contribution in [1.82, 2.24) is 19.8 Å². The number of unbranched alkanes of at least 4 members (excludes halogenated alkanes) is 2. The van der Waals surface area contributed by atoms with E-state index in [0.717, 1.165) is 73.8 Å². The highest BCUT2D eigenvalue weighted by Gasteiger charge is 2.33. The lowest BCUT2D eigenvalue weighted by atomic mass is 9.88. The van der Waals surface area contributed by atoms with Gasteiger partial charge in [-0.15, -0.1) is 0 Å². The van der Waals surface area contributed by atoms with Gasteiger partial charge in [0.15, 0.2) is 0 Å². The van der Waals surface area contributed by atoms with Crippen molar-refractivity contribution in [3.05, 3.63) is 66.0 Å². The van der Waals surface area contributed by atoms with Crippen LogP contribution in [0.3, 0.4) is 0 Å². The fraction of sp³-hybridized carbons (Fsp3) is 0.559. The lowest BCUT2D eigenvalue weighted by molar-refractivity contribution is -0.138. The number of fused-ring (bicyclic) bond motifs is 1. The van der Waals surface area contributed by atoms with Gasteiger partial charge in [0.1, 0.15) is 12.4 Å². The van der Waals surface area contributed by atoms with Crippen LogP contribution in [0.25, 0.3) is 11.0 Å². The Morgan fingerprint density at radius 1 is 0.800 bits per heavy atom. The molecule has 0 bridgehead atoms. The first-order valence-corrected chi connectivity index (χ1v) is 15.7. The Labute approximate surface area is 239 Å². The molecule has 0 atom stereocenters. The molecular formula is C34H46N4O2. The van der Waals surface area contributed by atoms with E-state index in [1.807, 2.05) is 42.5 Å². The van der Waals surface area contributed by atoms with Gasteiger partial charge in [-0.3, -0.25) is 9.59 Å². The highest BCUT2D eigenvalue weighted by Crippen LogP contribution is 2.31. The highest BCUT2D eigenvalue weighted by molar-refractivity contribution is 5.81. The zero-order valence-electron chi connectivity index (χ0n) is 24.0. The maximum Gasteiger partial charge on any atom is 0.243 e. The van der Waals surface area contributed by atoms with E-state index in [0.29, 0.717) is 31.6 Å². The maximum absolute atomic E-state index is 14.1. The van der Waals surface area contributed by atoms with Crippen LogP contribution < -0.4 is 5.32 Å². The summed E-state index contributed by atoms with van der Waals surface area (Å²) in [6, 6.07) is 18.9. The summed E-state index contributed by atoms with van der Waals surface area (Å²) < 4.78 is 2.19. The number of amides is 2. The Kier molecular flexibility index (Phi) is 10.3. The first-order chi connectivity index (χ1) is 19.7. The minimum atomic E-state index is 0.0759. The number of aryl methyl sites for hydroxylation is 1. The van der Waals surface area contributed by atoms with Crippen LogP contribution in [0.2, 0.25) is 0 Å². The Morgan fingerprint density at radius 2 is 1.45 bits per heavy atom. The summed E-state index contributed by atoms with van der Waals surface area (Å²) in [5.74, 6) is 1.37. The number of imidazole rings is 1. The maximum atomic E-state index is 14.1. The molecule has 40 heavy (non-hydrogen) atoms. The Hall–Kier alpha value is -3.15. The Bertz CT molecular complexity index is 1210. The smallest absolute Gasteiger partial charge is 0.243 e. The summed E-state index contributed by atoms with van der Waals surface area (Å²) >= 11 is 0. The van der Waals surface area contributed by atoms with Crippen LogP contribution in [-0.2, 0) is 29.0 Å². The summed E-state index contributed by atoms with van der Waals surface area (Å²) in [5, 5.41) is 3.05. The van der Waals surface area contributed by atoms with Crippen molar-refractivity contribution < 1.29 is 9.59 Å². The van der Waals surface area contributed by atoms with E-state index >= 15 is 0 Å². The first kappa shape index (κ1) is 28.4. The first-order valence-electron chi connectivity index (χ1n) is 15.7. The van der Waals surface area contributed by atoms with Gasteiger partial charge in [0.05, 0.1) is 17.5 Å². The molecule has 0 radical (unpaired) electrons. The second kappa shape index (κ2) is 14.5. The van der Waals surface area contributed by atoms with E-state index in [-0.39, 0.29) is 11.8 Å². The van der Waals surface area contributed by atoms with Crippen LogP contribution in [0.5, 0.6) is 0 Å². The molecule has 1 aromatic heterocycles. The predicted molar refractivity (Wildman–Crippen MR) is 161 cm³/mol. The van der Waals surface area contributed by atoms with Crippen molar-refractivity contribution >= 4 is 22.8 Å². The minimum absolute atomic E-state index is 0.0759. The van der Waals surface area contributed by atoms with Crippen LogP contribution >= 0.6 is 0 Å². The number of benzene rings is 2. The van der Waals surface area contributed by atoms with Gasteiger partial charge in [0, 0.05) is 25.0 Å². The second-order valence-corrected chi connectivity index (χ2v) is 11.8. The molecule has 0 saturated heterocycles. The summed E-state index contributed by atoms with van der Waals surface area (Å²) in [4.78, 5) is 33.6. The third kappa shape index (κ3) is 7.52. The van der Waals surface area contributed by atoms with E-state index in [9.17, 15) is 9.59 Å². The quantitative estimate of drug-likeness (QED) is 0.262. The third-order valence-corrected chi connectivity index (χ3v) is 8.86. The number of hydrogen-bond acceptors (Lipinski definition) is 3. The van der Waals surface area contributed by atoms with Gasteiger partial charge in [-0.1, -0.05) is 87.4 Å². The summed E-state index contributed by atoms with van der Waals surface area (Å²) in [6.07, 6.45) is 16.4. The molecule has 6 heteroatoms. The molecule has 1 heterocycles. The molecule has 2 fully saturated rings. The number of nitrogens with one attached hydrogen (secondary N) is 1. The van der Waals surface area contributed by atoms with Crippen LogP contribution in [0.15, 0.2) is 54.6 Å². The zero-order valence-corrected chi connectivity index (χ0v) is 24.0. The molecule has 2 amide bonds. The van der Waals surface area contributed by atoms with Gasteiger partial charge < -0.3 is 14.8 Å². The molecule has 5 rings (SSSR count). The van der Waals surface area contributed by atoms with Crippen molar-refractivity contribution in [2.24, 2.45) is 0 Å². The van der Waals surface area contributed by atoms with Gasteiger partial charge in [-0.2, -0.15) is 0 Å². The fourth-order valence-corrected chi connectivity index (χ4v) is 6.79. The van der Waals surface area contributed by atoms with E-state index in [1.165, 1.54) is 38.5 Å². The zero-order chi connectivity index (χ0) is 27.6. The second-order valence-electron chi connectivity index (χ2n) is 11.8. The van der Waals surface area contributed by atoms with Crippen LogP contribution in [0.4, 0.5) is 0 Å². The monoisotopic (exact) mass is 542 g/mol. The van der Waals surface area contributed by atoms with Gasteiger partial charge in [0.25, 0.3) is 0 Å². The molecule has 0 aliphatic heterocycles. The number of nitrogens with zero attached hydrogens (tertiary/aromatic N) is 3. The molecule has 0 unspecified atom stereocenters. The van der Waals surface area contributed by atoms with Gasteiger partial charge in [-0.25, -0.2) is 4.98 Å². The van der Waals surface area contributed by atoms with Crippen LogP contribution in [0.1, 0.15) is 94.9 Å². The van der Waals surface area contributed by atoms with Crippen LogP contribution in [-0.4, -0.2) is 44.9 Å². The number of carbonyl (C=O) groups is 2. The Morgan fingerprint density at radius 3 is 2.15 bits per heavy atom. The number of para-hydroxylation sites is 2. The van der Waals surface area contributed by atoms with Gasteiger partial charge in [-0.05, 0) is 56.2 Å². The molecule has 6 nitrogen and oxygen atoms in total. The van der Waals surface area contributed by atoms with Crippen molar-refractivity contribution in [2.45, 2.75) is 115 Å². The SMILES string of the molecule is O=C(Cc1ccccc1)NCCCCCc1nc2ccccc2n1CC(=O)N(C1CCCCC1)C1CCCCC1. The highest BCUT2D eigenvalue weighted by atomic mass is 16.2. The topological polar surface area (TPSA) is 67.2 Å². The standard InChI is InChI=1S/C34H46N4O2/c39-33(25-27-15-5-1-6-16-27)35-24-14-4-11-23-32-36-30-21-12-13-22-31(30)37(32)26-34(40)38(28-17-7-2-8-18-28)29-19-9-3-10-20-29/h1,5-6,12-13,15-16,21-22,28-29H,2-4,7-11,14,17-20,23-26H2,(H,35,39). The number of hydrogen-bond donors (Lipinski definition) is 1. The van der Waals surface area contributed by atoms with Crippen molar-refractivity contribution in [2.75, 3.05) is 6.54 Å². The average Bonchev–Trinajstić information content (AvgIpc) is 3.33. The number of aromatic nitrogens is 2. The minimum Gasteiger partial charge on any atom is -0.356 e. The number of rotatable bonds is 12. The lowest BCUT2D eigenvalue weighted by Crippen LogP contribution is -2.50. The largest absolute Gasteiger partial charge is 0.356 e. The third-order valence-electron chi connectivity index (χ3n) is 8.86. The van der Waals surface area contributed by atoms with Gasteiger partial charge in [0.2, 0.25) is 11.8 Å². The Balaban J connectivity index is 1.18. The van der Waals surface area contributed by atoms with Crippen molar-refractivity contribution in [3.8, 4) is 0 Å². The van der Waals surface area contributed by atoms with Gasteiger partial charge >= 0.3 is 0 Å². The van der Waals surface area contributed by atoms with E-state index in [1.54, 1.807) is 0 Å². The molecule has 214 valence electrons. The molecule has 0 spiro atoms. The van der Waals surface area contributed by atoms with E-state index in [2.05, 4.69) is 26.9 Å². The number of carbonyl (C=O) groups excluding carboxylic acids is 2. The summed E-state index contributed by atoms with van der Waals surface area (Å²) in [7, 11) is 0.